The van der Waals surface area contributed by atoms with Gasteiger partial charge in [-0.05, 0) is 45.6 Å². The normalized spacial score (nSPS) is 26.9. The summed E-state index contributed by atoms with van der Waals surface area (Å²) in [6.07, 6.45) is -1.79. The number of rotatable bonds is 5. The molecule has 0 bridgehead atoms. The van der Waals surface area contributed by atoms with Gasteiger partial charge in [-0.15, -0.1) is 0 Å². The van der Waals surface area contributed by atoms with E-state index in [1.807, 2.05) is 13.8 Å². The van der Waals surface area contributed by atoms with Crippen LogP contribution in [-0.2, 0) is 4.79 Å². The van der Waals surface area contributed by atoms with Crippen LogP contribution in [0.25, 0.3) is 0 Å². The molecule has 1 fully saturated rings. The van der Waals surface area contributed by atoms with Crippen molar-refractivity contribution in [3.8, 4) is 0 Å². The van der Waals surface area contributed by atoms with Crippen LogP contribution in [0.1, 0.15) is 52.4 Å². The lowest BCUT2D eigenvalue weighted by Gasteiger charge is -2.34. The number of nitrogens with one attached hydrogen (secondary N) is 1. The standard InChI is InChI=1S/C14H25F3N2O/c1-3-13(2,7-8-18)19-12(20)10-5-4-6-11(9-10)14(15,16)17/h10-11H,3-9,18H2,1-2H3,(H,19,20). The average molecular weight is 294 g/mol. The molecule has 1 aliphatic carbocycles. The summed E-state index contributed by atoms with van der Waals surface area (Å²) in [6, 6.07) is 0. The summed E-state index contributed by atoms with van der Waals surface area (Å²) < 4.78 is 38.3. The Bertz CT molecular complexity index is 333. The van der Waals surface area contributed by atoms with E-state index in [9.17, 15) is 18.0 Å². The molecule has 1 rings (SSSR count). The Morgan fingerprint density at radius 3 is 2.50 bits per heavy atom. The minimum Gasteiger partial charge on any atom is -0.351 e. The number of alkyl halides is 3. The number of nitrogens with two attached hydrogens (primary N) is 1. The Morgan fingerprint density at radius 1 is 1.35 bits per heavy atom. The second-order valence-corrected chi connectivity index (χ2v) is 6.04. The van der Waals surface area contributed by atoms with Gasteiger partial charge in [0.05, 0.1) is 5.92 Å². The zero-order valence-electron chi connectivity index (χ0n) is 12.2. The maximum absolute atomic E-state index is 12.8. The van der Waals surface area contributed by atoms with Crippen molar-refractivity contribution >= 4 is 5.91 Å². The molecule has 3 nitrogen and oxygen atoms in total. The van der Waals surface area contributed by atoms with Crippen LogP contribution < -0.4 is 11.1 Å². The molecule has 0 spiro atoms. The van der Waals surface area contributed by atoms with Crippen molar-refractivity contribution in [2.75, 3.05) is 6.54 Å². The van der Waals surface area contributed by atoms with E-state index in [0.29, 0.717) is 32.2 Å². The quantitative estimate of drug-likeness (QED) is 0.819. The Kier molecular flexibility index (Phi) is 5.86. The molecule has 118 valence electrons. The topological polar surface area (TPSA) is 55.1 Å². The molecule has 3 unspecified atom stereocenters. The minimum absolute atomic E-state index is 0.0856. The van der Waals surface area contributed by atoms with Crippen LogP contribution in [0.4, 0.5) is 13.2 Å². The summed E-state index contributed by atoms with van der Waals surface area (Å²) in [5.41, 5.74) is 5.10. The molecule has 3 atom stereocenters. The van der Waals surface area contributed by atoms with Gasteiger partial charge >= 0.3 is 6.18 Å². The molecule has 1 saturated carbocycles. The third-order valence-electron chi connectivity index (χ3n) is 4.41. The fourth-order valence-corrected chi connectivity index (χ4v) is 2.77. The molecule has 0 saturated heterocycles. The number of hydrogen-bond acceptors (Lipinski definition) is 2. The van der Waals surface area contributed by atoms with Crippen molar-refractivity contribution < 1.29 is 18.0 Å². The Hall–Kier alpha value is -0.780. The maximum atomic E-state index is 12.8. The first-order valence-electron chi connectivity index (χ1n) is 7.30. The Balaban J connectivity index is 2.63. The Labute approximate surface area is 118 Å². The lowest BCUT2D eigenvalue weighted by atomic mass is 9.80. The first kappa shape index (κ1) is 17.3. The van der Waals surface area contributed by atoms with Crippen molar-refractivity contribution in [1.82, 2.24) is 5.32 Å². The van der Waals surface area contributed by atoms with Crippen LogP contribution in [0.15, 0.2) is 0 Å². The van der Waals surface area contributed by atoms with Crippen molar-refractivity contribution in [1.29, 1.82) is 0 Å². The molecule has 0 radical (unpaired) electrons. The summed E-state index contributed by atoms with van der Waals surface area (Å²) in [4.78, 5) is 12.2. The number of hydrogen-bond donors (Lipinski definition) is 2. The number of amides is 1. The van der Waals surface area contributed by atoms with Gasteiger partial charge in [-0.2, -0.15) is 13.2 Å². The first-order chi connectivity index (χ1) is 9.22. The van der Waals surface area contributed by atoms with E-state index in [4.69, 9.17) is 5.73 Å². The van der Waals surface area contributed by atoms with Gasteiger partial charge in [0.25, 0.3) is 0 Å². The lowest BCUT2D eigenvalue weighted by Crippen LogP contribution is -2.50. The first-order valence-corrected chi connectivity index (χ1v) is 7.30. The van der Waals surface area contributed by atoms with Crippen LogP contribution in [0.2, 0.25) is 0 Å². The highest BCUT2D eigenvalue weighted by atomic mass is 19.4. The molecule has 1 amide bonds. The van der Waals surface area contributed by atoms with Crippen molar-refractivity contribution in [2.45, 2.75) is 64.1 Å². The highest BCUT2D eigenvalue weighted by Gasteiger charge is 2.44. The molecular formula is C14H25F3N2O. The van der Waals surface area contributed by atoms with Gasteiger partial charge in [0.1, 0.15) is 0 Å². The second-order valence-electron chi connectivity index (χ2n) is 6.04. The predicted octanol–water partition coefficient (Wildman–Crippen LogP) is 2.99. The molecule has 0 aromatic heterocycles. The van der Waals surface area contributed by atoms with E-state index in [2.05, 4.69) is 5.32 Å². The van der Waals surface area contributed by atoms with Crippen LogP contribution >= 0.6 is 0 Å². The molecule has 1 aliphatic rings. The lowest BCUT2D eigenvalue weighted by molar-refractivity contribution is -0.186. The van der Waals surface area contributed by atoms with Gasteiger partial charge in [0.2, 0.25) is 5.91 Å². The minimum atomic E-state index is -4.19. The Morgan fingerprint density at radius 2 is 2.00 bits per heavy atom. The maximum Gasteiger partial charge on any atom is 0.391 e. The third-order valence-corrected chi connectivity index (χ3v) is 4.41. The number of halogens is 3. The van der Waals surface area contributed by atoms with Gasteiger partial charge in [0, 0.05) is 11.5 Å². The smallest absolute Gasteiger partial charge is 0.351 e. The number of carbonyl (C=O) groups is 1. The zero-order chi connectivity index (χ0) is 15.4. The van der Waals surface area contributed by atoms with Crippen molar-refractivity contribution in [3.63, 3.8) is 0 Å². The second kappa shape index (κ2) is 6.78. The van der Waals surface area contributed by atoms with Crippen molar-refractivity contribution in [3.05, 3.63) is 0 Å². The average Bonchev–Trinajstić information content (AvgIpc) is 2.38. The van der Waals surface area contributed by atoms with E-state index < -0.39 is 23.6 Å². The van der Waals surface area contributed by atoms with E-state index in [1.165, 1.54) is 0 Å². The number of carbonyl (C=O) groups excluding carboxylic acids is 1. The van der Waals surface area contributed by atoms with Crippen LogP contribution in [0.5, 0.6) is 0 Å². The van der Waals surface area contributed by atoms with Crippen LogP contribution in [0.3, 0.4) is 0 Å². The summed E-state index contributed by atoms with van der Waals surface area (Å²) in [5, 5.41) is 2.90. The SMILES string of the molecule is CCC(C)(CCN)NC(=O)C1CCCC(C(F)(F)F)C1. The molecular weight excluding hydrogens is 269 g/mol. The molecule has 20 heavy (non-hydrogen) atoms. The molecule has 0 heterocycles. The van der Waals surface area contributed by atoms with Crippen molar-refractivity contribution in [2.24, 2.45) is 17.6 Å². The predicted molar refractivity (Wildman–Crippen MR) is 72.0 cm³/mol. The largest absolute Gasteiger partial charge is 0.391 e. The molecule has 0 aromatic carbocycles. The van der Waals surface area contributed by atoms with Gasteiger partial charge in [0.15, 0.2) is 0 Å². The zero-order valence-corrected chi connectivity index (χ0v) is 12.2. The van der Waals surface area contributed by atoms with Crippen LogP contribution in [-0.4, -0.2) is 24.2 Å². The fourth-order valence-electron chi connectivity index (χ4n) is 2.77. The third kappa shape index (κ3) is 4.65. The summed E-state index contributed by atoms with van der Waals surface area (Å²) in [6.45, 7) is 4.28. The van der Waals surface area contributed by atoms with E-state index >= 15 is 0 Å². The van der Waals surface area contributed by atoms with Gasteiger partial charge in [-0.25, -0.2) is 0 Å². The van der Waals surface area contributed by atoms with E-state index in [-0.39, 0.29) is 18.7 Å². The molecule has 6 heteroatoms. The van der Waals surface area contributed by atoms with Gasteiger partial charge in [-0.1, -0.05) is 13.3 Å². The summed E-state index contributed by atoms with van der Waals surface area (Å²) in [5.74, 6) is -2.12. The van der Waals surface area contributed by atoms with Crippen LogP contribution in [0, 0.1) is 11.8 Å². The van der Waals surface area contributed by atoms with E-state index in [1.54, 1.807) is 0 Å². The van der Waals surface area contributed by atoms with Gasteiger partial charge < -0.3 is 11.1 Å². The van der Waals surface area contributed by atoms with Gasteiger partial charge in [-0.3, -0.25) is 4.79 Å². The summed E-state index contributed by atoms with van der Waals surface area (Å²) in [7, 11) is 0. The molecule has 3 N–H and O–H groups in total. The highest BCUT2D eigenvalue weighted by molar-refractivity contribution is 5.79. The van der Waals surface area contributed by atoms with E-state index in [0.717, 1.165) is 0 Å². The fraction of sp³-hybridized carbons (Fsp3) is 0.929. The monoisotopic (exact) mass is 294 g/mol. The molecule has 0 aromatic rings. The summed E-state index contributed by atoms with van der Waals surface area (Å²) >= 11 is 0. The molecule has 0 aliphatic heterocycles. The highest BCUT2D eigenvalue weighted by Crippen LogP contribution is 2.40.